The predicted octanol–water partition coefficient (Wildman–Crippen LogP) is 0.453. The van der Waals surface area contributed by atoms with Crippen LogP contribution in [0.5, 0.6) is 0 Å². The van der Waals surface area contributed by atoms with Gasteiger partial charge in [0, 0.05) is 19.1 Å². The number of hydrogen-bond acceptors (Lipinski definition) is 5. The molecular weight excluding hydrogens is 302 g/mol. The van der Waals surface area contributed by atoms with Crippen molar-refractivity contribution in [2.24, 2.45) is 0 Å². The molecule has 1 aromatic heterocycles. The van der Waals surface area contributed by atoms with Gasteiger partial charge in [-0.25, -0.2) is 4.79 Å². The summed E-state index contributed by atoms with van der Waals surface area (Å²) in [5, 5.41) is 2.55. The van der Waals surface area contributed by atoms with Crippen LogP contribution >= 0.6 is 0 Å². The van der Waals surface area contributed by atoms with Crippen molar-refractivity contribution in [2.75, 3.05) is 32.8 Å². The van der Waals surface area contributed by atoms with E-state index >= 15 is 0 Å². The molecule has 8 heteroatoms. The minimum absolute atomic E-state index is 0.0596. The summed E-state index contributed by atoms with van der Waals surface area (Å²) in [6.07, 6.45) is 2.60. The standard InChI is InChI=1S/C15H19N3O5/c19-13(10-16-14(20)12-2-1-8-22-12)17-5-3-11(4-6-17)18-7-9-23-15(18)21/h1-2,8,11H,3-7,9-10H2,(H,16,20). The molecule has 0 spiro atoms. The monoisotopic (exact) mass is 321 g/mol. The molecule has 2 aliphatic heterocycles. The summed E-state index contributed by atoms with van der Waals surface area (Å²) in [6.45, 7) is 2.15. The highest BCUT2D eigenvalue weighted by Gasteiger charge is 2.33. The Morgan fingerprint density at radius 2 is 2.04 bits per heavy atom. The van der Waals surface area contributed by atoms with Crippen molar-refractivity contribution in [1.29, 1.82) is 0 Å². The molecule has 23 heavy (non-hydrogen) atoms. The highest BCUT2D eigenvalue weighted by atomic mass is 16.6. The number of rotatable bonds is 4. The second-order valence-corrected chi connectivity index (χ2v) is 5.58. The third-order valence-electron chi connectivity index (χ3n) is 4.20. The lowest BCUT2D eigenvalue weighted by Gasteiger charge is -2.35. The van der Waals surface area contributed by atoms with E-state index < -0.39 is 5.91 Å². The topological polar surface area (TPSA) is 92.1 Å². The number of carbonyl (C=O) groups is 3. The number of piperidine rings is 1. The van der Waals surface area contributed by atoms with E-state index in [1.165, 1.54) is 6.26 Å². The number of nitrogens with one attached hydrogen (secondary N) is 1. The van der Waals surface area contributed by atoms with Gasteiger partial charge in [-0.1, -0.05) is 0 Å². The molecule has 0 radical (unpaired) electrons. The average molecular weight is 321 g/mol. The zero-order valence-corrected chi connectivity index (χ0v) is 12.7. The zero-order valence-electron chi connectivity index (χ0n) is 12.7. The molecule has 0 saturated carbocycles. The molecule has 0 unspecified atom stereocenters. The number of amides is 3. The molecule has 3 heterocycles. The molecule has 0 aromatic carbocycles. The van der Waals surface area contributed by atoms with Crippen LogP contribution in [-0.4, -0.2) is 66.5 Å². The first-order chi connectivity index (χ1) is 11.1. The Kier molecular flexibility index (Phi) is 4.50. The van der Waals surface area contributed by atoms with Gasteiger partial charge >= 0.3 is 6.09 Å². The Morgan fingerprint density at radius 3 is 2.65 bits per heavy atom. The summed E-state index contributed by atoms with van der Waals surface area (Å²) < 4.78 is 9.91. The normalized spacial score (nSPS) is 18.9. The maximum atomic E-state index is 12.1. The van der Waals surface area contributed by atoms with Crippen LogP contribution in [0, 0.1) is 0 Å². The fourth-order valence-electron chi connectivity index (χ4n) is 2.93. The Bertz CT molecular complexity index is 578. The van der Waals surface area contributed by atoms with Gasteiger partial charge in [0.15, 0.2) is 5.76 Å². The number of cyclic esters (lactones) is 1. The van der Waals surface area contributed by atoms with Gasteiger partial charge in [-0.3, -0.25) is 9.59 Å². The van der Waals surface area contributed by atoms with E-state index in [4.69, 9.17) is 9.15 Å². The molecule has 2 saturated heterocycles. The van der Waals surface area contributed by atoms with Gasteiger partial charge in [0.2, 0.25) is 5.91 Å². The third kappa shape index (κ3) is 3.46. The summed E-state index contributed by atoms with van der Waals surface area (Å²) in [7, 11) is 0. The molecule has 3 rings (SSSR count). The van der Waals surface area contributed by atoms with E-state index in [0.29, 0.717) is 26.2 Å². The molecule has 8 nitrogen and oxygen atoms in total. The Balaban J connectivity index is 1.43. The lowest BCUT2D eigenvalue weighted by atomic mass is 10.0. The largest absolute Gasteiger partial charge is 0.459 e. The third-order valence-corrected chi connectivity index (χ3v) is 4.20. The van der Waals surface area contributed by atoms with Crippen molar-refractivity contribution < 1.29 is 23.5 Å². The van der Waals surface area contributed by atoms with Gasteiger partial charge < -0.3 is 24.3 Å². The Labute approximate surface area is 133 Å². The SMILES string of the molecule is O=C(NCC(=O)N1CCC(N2CCOC2=O)CC1)c1ccco1. The first-order valence-corrected chi connectivity index (χ1v) is 7.68. The lowest BCUT2D eigenvalue weighted by molar-refractivity contribution is -0.131. The van der Waals surface area contributed by atoms with Crippen LogP contribution in [-0.2, 0) is 9.53 Å². The minimum atomic E-state index is -0.405. The van der Waals surface area contributed by atoms with Crippen molar-refractivity contribution in [3.8, 4) is 0 Å². The fraction of sp³-hybridized carbons (Fsp3) is 0.533. The quantitative estimate of drug-likeness (QED) is 0.869. The molecule has 2 aliphatic rings. The average Bonchev–Trinajstić information content (AvgIpc) is 3.24. The summed E-state index contributed by atoms with van der Waals surface area (Å²) >= 11 is 0. The highest BCUT2D eigenvalue weighted by Crippen LogP contribution is 2.19. The molecule has 0 atom stereocenters. The van der Waals surface area contributed by atoms with Crippen LogP contribution in [0.2, 0.25) is 0 Å². The van der Waals surface area contributed by atoms with Gasteiger partial charge in [-0.05, 0) is 25.0 Å². The molecule has 124 valence electrons. The lowest BCUT2D eigenvalue weighted by Crippen LogP contribution is -2.49. The predicted molar refractivity (Wildman–Crippen MR) is 78.7 cm³/mol. The number of furan rings is 1. The van der Waals surface area contributed by atoms with E-state index in [-0.39, 0.29) is 30.3 Å². The number of carbonyl (C=O) groups excluding carboxylic acids is 3. The Hall–Kier alpha value is -2.51. The van der Waals surface area contributed by atoms with E-state index in [9.17, 15) is 14.4 Å². The van der Waals surface area contributed by atoms with Crippen molar-refractivity contribution in [2.45, 2.75) is 18.9 Å². The van der Waals surface area contributed by atoms with Crippen molar-refractivity contribution in [1.82, 2.24) is 15.1 Å². The fourth-order valence-corrected chi connectivity index (χ4v) is 2.93. The molecule has 1 aromatic rings. The number of hydrogen-bond donors (Lipinski definition) is 1. The van der Waals surface area contributed by atoms with Crippen LogP contribution in [0.15, 0.2) is 22.8 Å². The van der Waals surface area contributed by atoms with Crippen LogP contribution in [0.4, 0.5) is 4.79 Å². The first kappa shape index (κ1) is 15.4. The highest BCUT2D eigenvalue weighted by molar-refractivity contribution is 5.94. The molecule has 0 aliphatic carbocycles. The molecule has 2 fully saturated rings. The van der Waals surface area contributed by atoms with Crippen LogP contribution < -0.4 is 5.32 Å². The first-order valence-electron chi connectivity index (χ1n) is 7.68. The molecule has 3 amide bonds. The summed E-state index contributed by atoms with van der Waals surface area (Å²) in [4.78, 5) is 38.9. The van der Waals surface area contributed by atoms with E-state index in [1.807, 2.05) is 0 Å². The number of ether oxygens (including phenoxy) is 1. The van der Waals surface area contributed by atoms with Gasteiger partial charge in [0.05, 0.1) is 19.4 Å². The summed E-state index contributed by atoms with van der Waals surface area (Å²) in [5.74, 6) is -0.352. The molecule has 0 bridgehead atoms. The van der Waals surface area contributed by atoms with E-state index in [1.54, 1.807) is 21.9 Å². The van der Waals surface area contributed by atoms with Gasteiger partial charge in [0.1, 0.15) is 6.61 Å². The maximum Gasteiger partial charge on any atom is 0.410 e. The second kappa shape index (κ2) is 6.72. The number of likely N-dealkylation sites (tertiary alicyclic amines) is 1. The van der Waals surface area contributed by atoms with Gasteiger partial charge in [-0.15, -0.1) is 0 Å². The zero-order chi connectivity index (χ0) is 16.2. The van der Waals surface area contributed by atoms with Crippen LogP contribution in [0.1, 0.15) is 23.4 Å². The van der Waals surface area contributed by atoms with Crippen LogP contribution in [0.25, 0.3) is 0 Å². The summed E-state index contributed by atoms with van der Waals surface area (Å²) in [6, 6.07) is 3.29. The second-order valence-electron chi connectivity index (χ2n) is 5.58. The van der Waals surface area contributed by atoms with Crippen molar-refractivity contribution in [3.05, 3.63) is 24.2 Å². The van der Waals surface area contributed by atoms with Gasteiger partial charge in [0.25, 0.3) is 5.91 Å². The van der Waals surface area contributed by atoms with Crippen molar-refractivity contribution >= 4 is 17.9 Å². The van der Waals surface area contributed by atoms with E-state index in [0.717, 1.165) is 12.8 Å². The minimum Gasteiger partial charge on any atom is -0.459 e. The smallest absolute Gasteiger partial charge is 0.410 e. The molecule has 1 N–H and O–H groups in total. The Morgan fingerprint density at radius 1 is 1.26 bits per heavy atom. The number of nitrogens with zero attached hydrogens (tertiary/aromatic N) is 2. The van der Waals surface area contributed by atoms with Crippen LogP contribution in [0.3, 0.4) is 0 Å². The molecular formula is C15H19N3O5. The maximum absolute atomic E-state index is 12.1. The summed E-state index contributed by atoms with van der Waals surface area (Å²) in [5.41, 5.74) is 0. The van der Waals surface area contributed by atoms with Gasteiger partial charge in [-0.2, -0.15) is 0 Å². The van der Waals surface area contributed by atoms with E-state index in [2.05, 4.69) is 5.32 Å². The van der Waals surface area contributed by atoms with Crippen molar-refractivity contribution in [3.63, 3.8) is 0 Å².